The van der Waals surface area contributed by atoms with E-state index in [1.54, 1.807) is 12.1 Å². The number of benzene rings is 1. The molecule has 0 aromatic heterocycles. The quantitative estimate of drug-likeness (QED) is 0.794. The number of phenols is 1. The molecule has 0 aliphatic heterocycles. The number of amides is 1. The number of halogens is 1. The second kappa shape index (κ2) is 5.69. The number of rotatable bonds is 4. The first kappa shape index (κ1) is 14.0. The molecule has 1 aliphatic rings. The van der Waals surface area contributed by atoms with Crippen LogP contribution in [0, 0.1) is 3.57 Å². The van der Waals surface area contributed by atoms with Crippen LogP contribution < -0.4 is 5.32 Å². The summed E-state index contributed by atoms with van der Waals surface area (Å²) in [6.45, 7) is 0.708. The Bertz CT molecular complexity index is 455. The van der Waals surface area contributed by atoms with Crippen molar-refractivity contribution in [2.45, 2.75) is 24.0 Å². The van der Waals surface area contributed by atoms with E-state index in [1.807, 2.05) is 34.4 Å². The van der Waals surface area contributed by atoms with Gasteiger partial charge in [-0.2, -0.15) is 11.8 Å². The second-order valence-corrected chi connectivity index (χ2v) is 7.03. The van der Waals surface area contributed by atoms with Crippen LogP contribution in [0.3, 0.4) is 0 Å². The maximum atomic E-state index is 12.0. The van der Waals surface area contributed by atoms with Crippen molar-refractivity contribution >= 4 is 40.3 Å². The Labute approximate surface area is 125 Å². The number of nitrogens with one attached hydrogen (secondary N) is 1. The van der Waals surface area contributed by atoms with Gasteiger partial charge in [0.05, 0.1) is 3.57 Å². The van der Waals surface area contributed by atoms with Crippen LogP contribution in [0.25, 0.3) is 0 Å². The molecule has 18 heavy (non-hydrogen) atoms. The van der Waals surface area contributed by atoms with Gasteiger partial charge in [0.25, 0.3) is 5.91 Å². The summed E-state index contributed by atoms with van der Waals surface area (Å²) in [6.07, 6.45) is 5.70. The molecule has 2 N–H and O–H groups in total. The summed E-state index contributed by atoms with van der Waals surface area (Å²) in [7, 11) is 0. The lowest BCUT2D eigenvalue weighted by Crippen LogP contribution is -2.45. The van der Waals surface area contributed by atoms with Crippen molar-refractivity contribution in [1.82, 2.24) is 5.32 Å². The van der Waals surface area contributed by atoms with Gasteiger partial charge in [-0.3, -0.25) is 4.79 Å². The van der Waals surface area contributed by atoms with Gasteiger partial charge in [0.2, 0.25) is 0 Å². The molecule has 1 amide bonds. The number of carbonyl (C=O) groups is 1. The molecule has 98 valence electrons. The Hall–Kier alpha value is -0.430. The smallest absolute Gasteiger partial charge is 0.251 e. The first-order valence-electron chi connectivity index (χ1n) is 5.88. The molecule has 5 heteroatoms. The zero-order valence-corrected chi connectivity index (χ0v) is 13.2. The molecule has 0 bridgehead atoms. The van der Waals surface area contributed by atoms with Crippen LogP contribution in [0.2, 0.25) is 0 Å². The summed E-state index contributed by atoms with van der Waals surface area (Å²) in [5, 5.41) is 12.6. The highest BCUT2D eigenvalue weighted by atomic mass is 127. The molecule has 0 unspecified atom stereocenters. The SMILES string of the molecule is CSC1(CNC(=O)c2ccc(I)c(O)c2)CCC1. The number of aromatic hydroxyl groups is 1. The van der Waals surface area contributed by atoms with Gasteiger partial charge in [0.1, 0.15) is 5.75 Å². The fraction of sp³-hybridized carbons (Fsp3) is 0.462. The van der Waals surface area contributed by atoms with Crippen LogP contribution in [0.4, 0.5) is 0 Å². The zero-order chi connectivity index (χ0) is 13.2. The Morgan fingerprint density at radius 1 is 1.56 bits per heavy atom. The number of hydrogen-bond donors (Lipinski definition) is 2. The van der Waals surface area contributed by atoms with E-state index in [4.69, 9.17) is 0 Å². The van der Waals surface area contributed by atoms with Gasteiger partial charge < -0.3 is 10.4 Å². The molecule has 2 rings (SSSR count). The van der Waals surface area contributed by atoms with Crippen molar-refractivity contribution in [3.63, 3.8) is 0 Å². The molecule has 1 aliphatic carbocycles. The third-order valence-electron chi connectivity index (χ3n) is 3.48. The van der Waals surface area contributed by atoms with E-state index in [0.29, 0.717) is 12.1 Å². The Balaban J connectivity index is 1.97. The molecule has 0 heterocycles. The first-order valence-corrected chi connectivity index (χ1v) is 8.18. The van der Waals surface area contributed by atoms with Gasteiger partial charge in [-0.15, -0.1) is 0 Å². The van der Waals surface area contributed by atoms with Crippen molar-refractivity contribution in [3.8, 4) is 5.75 Å². The van der Waals surface area contributed by atoms with E-state index in [2.05, 4.69) is 11.6 Å². The topological polar surface area (TPSA) is 49.3 Å². The summed E-state index contributed by atoms with van der Waals surface area (Å²) in [5.41, 5.74) is 0.517. The average molecular weight is 377 g/mol. The lowest BCUT2D eigenvalue weighted by atomic mass is 9.84. The van der Waals surface area contributed by atoms with Gasteiger partial charge in [0.15, 0.2) is 0 Å². The number of carbonyl (C=O) groups excluding carboxylic acids is 1. The Kier molecular flexibility index (Phi) is 4.42. The Morgan fingerprint density at radius 3 is 2.78 bits per heavy atom. The number of thioether (sulfide) groups is 1. The fourth-order valence-corrected chi connectivity index (χ4v) is 3.27. The van der Waals surface area contributed by atoms with Gasteiger partial charge in [-0.1, -0.05) is 6.42 Å². The van der Waals surface area contributed by atoms with E-state index in [0.717, 1.165) is 3.57 Å². The largest absolute Gasteiger partial charge is 0.507 e. The third kappa shape index (κ3) is 2.93. The summed E-state index contributed by atoms with van der Waals surface area (Å²) >= 11 is 3.87. The minimum Gasteiger partial charge on any atom is -0.507 e. The molecule has 0 saturated heterocycles. The van der Waals surface area contributed by atoms with Crippen LogP contribution in [0.5, 0.6) is 5.75 Å². The fourth-order valence-electron chi connectivity index (χ4n) is 2.02. The van der Waals surface area contributed by atoms with Crippen molar-refractivity contribution in [2.24, 2.45) is 0 Å². The van der Waals surface area contributed by atoms with E-state index in [1.165, 1.54) is 25.3 Å². The standard InChI is InChI=1S/C13H16INO2S/c1-18-13(5-2-6-13)8-15-12(17)9-3-4-10(14)11(16)7-9/h3-4,7,16H,2,5-6,8H2,1H3,(H,15,17). The molecule has 1 aromatic carbocycles. The monoisotopic (exact) mass is 377 g/mol. The molecular formula is C13H16INO2S. The average Bonchev–Trinajstić information content (AvgIpc) is 2.31. The lowest BCUT2D eigenvalue weighted by molar-refractivity contribution is 0.0943. The summed E-state index contributed by atoms with van der Waals surface area (Å²) in [5.74, 6) is 0.0495. The number of hydrogen-bond acceptors (Lipinski definition) is 3. The molecular weight excluding hydrogens is 361 g/mol. The van der Waals surface area contributed by atoms with Crippen LogP contribution in [-0.2, 0) is 0 Å². The molecule has 1 fully saturated rings. The van der Waals surface area contributed by atoms with Crippen molar-refractivity contribution in [2.75, 3.05) is 12.8 Å². The first-order chi connectivity index (χ1) is 8.56. The maximum Gasteiger partial charge on any atom is 0.251 e. The van der Waals surface area contributed by atoms with Crippen molar-refractivity contribution < 1.29 is 9.90 Å². The predicted octanol–water partition coefficient (Wildman–Crippen LogP) is 3.01. The van der Waals surface area contributed by atoms with E-state index < -0.39 is 0 Å². The van der Waals surface area contributed by atoms with Crippen molar-refractivity contribution in [1.29, 1.82) is 0 Å². The Morgan fingerprint density at radius 2 is 2.28 bits per heavy atom. The summed E-state index contributed by atoms with van der Waals surface area (Å²) in [4.78, 5) is 12.0. The second-order valence-electron chi connectivity index (χ2n) is 4.59. The molecule has 0 radical (unpaired) electrons. The van der Waals surface area contributed by atoms with Gasteiger partial charge in [-0.25, -0.2) is 0 Å². The van der Waals surface area contributed by atoms with Gasteiger partial charge in [0, 0.05) is 16.9 Å². The van der Waals surface area contributed by atoms with Crippen LogP contribution in [-0.4, -0.2) is 28.6 Å². The highest BCUT2D eigenvalue weighted by Crippen LogP contribution is 2.42. The van der Waals surface area contributed by atoms with Crippen molar-refractivity contribution in [3.05, 3.63) is 27.3 Å². The molecule has 0 atom stereocenters. The molecule has 1 aromatic rings. The molecule has 0 spiro atoms. The summed E-state index contributed by atoms with van der Waals surface area (Å²) in [6, 6.07) is 5.01. The van der Waals surface area contributed by atoms with Crippen LogP contribution in [0.15, 0.2) is 18.2 Å². The summed E-state index contributed by atoms with van der Waals surface area (Å²) < 4.78 is 0.990. The highest BCUT2D eigenvalue weighted by Gasteiger charge is 2.36. The van der Waals surface area contributed by atoms with Gasteiger partial charge in [-0.05, 0) is 59.9 Å². The van der Waals surface area contributed by atoms with Gasteiger partial charge >= 0.3 is 0 Å². The maximum absolute atomic E-state index is 12.0. The third-order valence-corrected chi connectivity index (χ3v) is 5.81. The minimum absolute atomic E-state index is 0.109. The number of phenolic OH excluding ortho intramolecular Hbond substituents is 1. The van der Waals surface area contributed by atoms with Crippen LogP contribution >= 0.6 is 34.4 Å². The van der Waals surface area contributed by atoms with E-state index >= 15 is 0 Å². The zero-order valence-electron chi connectivity index (χ0n) is 10.2. The highest BCUT2D eigenvalue weighted by molar-refractivity contribution is 14.1. The van der Waals surface area contributed by atoms with Crippen LogP contribution in [0.1, 0.15) is 29.6 Å². The lowest BCUT2D eigenvalue weighted by Gasteiger charge is -2.40. The van der Waals surface area contributed by atoms with E-state index in [9.17, 15) is 9.90 Å². The van der Waals surface area contributed by atoms with E-state index in [-0.39, 0.29) is 16.4 Å². The normalized spacial score (nSPS) is 17.0. The molecule has 1 saturated carbocycles. The predicted molar refractivity (Wildman–Crippen MR) is 83.3 cm³/mol. The molecule has 3 nitrogen and oxygen atoms in total. The minimum atomic E-state index is -0.109.